The molecule has 1 amide bonds. The first-order valence-corrected chi connectivity index (χ1v) is 11.8. The summed E-state index contributed by atoms with van der Waals surface area (Å²) < 4.78 is 34.8. The molecular weight excluding hydrogens is 470 g/mol. The maximum absolute atomic E-state index is 14.8. The van der Waals surface area contributed by atoms with Crippen LogP contribution in [0.4, 0.5) is 25.0 Å². The first-order valence-electron chi connectivity index (χ1n) is 11.8. The van der Waals surface area contributed by atoms with Crippen LogP contribution in [0, 0.1) is 11.6 Å². The number of carbonyl (C=O) groups is 1. The predicted octanol–water partition coefficient (Wildman–Crippen LogP) is 3.22. The number of halogens is 2. The largest absolute Gasteiger partial charge is 0.450 e. The zero-order valence-electron chi connectivity index (χ0n) is 20.3. The fraction of sp³-hybridized carbons (Fsp3) is 0.400. The third-order valence-corrected chi connectivity index (χ3v) is 6.57. The molecule has 36 heavy (non-hydrogen) atoms. The van der Waals surface area contributed by atoms with Gasteiger partial charge in [-0.05, 0) is 44.2 Å². The number of aromatic nitrogens is 3. The van der Waals surface area contributed by atoms with Gasteiger partial charge in [0.2, 0.25) is 0 Å². The maximum atomic E-state index is 14.8. The molecule has 11 heteroatoms. The van der Waals surface area contributed by atoms with Crippen molar-refractivity contribution in [3.8, 4) is 0 Å². The number of carbonyl (C=O) groups excluding carboxylic acids is 1. The van der Waals surface area contributed by atoms with Gasteiger partial charge in [-0.3, -0.25) is 10.2 Å². The van der Waals surface area contributed by atoms with Crippen LogP contribution < -0.4 is 10.2 Å². The van der Waals surface area contributed by atoms with Crippen molar-refractivity contribution >= 4 is 17.5 Å². The lowest BCUT2D eigenvalue weighted by atomic mass is 9.85. The van der Waals surface area contributed by atoms with E-state index in [0.717, 1.165) is 17.8 Å². The van der Waals surface area contributed by atoms with Crippen molar-refractivity contribution in [2.24, 2.45) is 0 Å². The van der Waals surface area contributed by atoms with Crippen LogP contribution in [0.1, 0.15) is 19.4 Å². The van der Waals surface area contributed by atoms with E-state index in [0.29, 0.717) is 38.5 Å². The van der Waals surface area contributed by atoms with E-state index in [-0.39, 0.29) is 12.1 Å². The summed E-state index contributed by atoms with van der Waals surface area (Å²) in [4.78, 5) is 19.8. The van der Waals surface area contributed by atoms with Crippen molar-refractivity contribution in [3.63, 3.8) is 0 Å². The summed E-state index contributed by atoms with van der Waals surface area (Å²) in [5.41, 5.74) is -0.0178. The standard InChI is InChI=1S/C25H30F2N6O3/c1-3-36-24(34)30-20-5-7-21(8-6-20)32-12-10-31(11-13-32)18(2)25(35,15-33-17-28-16-29-33)22-9-4-19(26)14-23(22)27/h4-9,14,16-18,35H,3,10-13,15H2,1-2H3,(H,30,34)/t18-,25-/m1/s1. The van der Waals surface area contributed by atoms with E-state index in [2.05, 4.69) is 25.2 Å². The zero-order valence-corrected chi connectivity index (χ0v) is 20.3. The molecule has 1 fully saturated rings. The van der Waals surface area contributed by atoms with Gasteiger partial charge in [0.05, 0.1) is 13.2 Å². The molecule has 0 unspecified atom stereocenters. The van der Waals surface area contributed by atoms with Crippen LogP contribution in [0.25, 0.3) is 0 Å². The van der Waals surface area contributed by atoms with Crippen LogP contribution in [-0.2, 0) is 16.9 Å². The Morgan fingerprint density at radius 2 is 1.89 bits per heavy atom. The smallest absolute Gasteiger partial charge is 0.411 e. The lowest BCUT2D eigenvalue weighted by molar-refractivity contribution is -0.0650. The molecule has 1 aliphatic rings. The summed E-state index contributed by atoms with van der Waals surface area (Å²) in [6.07, 6.45) is 2.31. The van der Waals surface area contributed by atoms with E-state index in [1.54, 1.807) is 6.92 Å². The van der Waals surface area contributed by atoms with Crippen LogP contribution in [-0.4, -0.2) is 69.7 Å². The summed E-state index contributed by atoms with van der Waals surface area (Å²) >= 11 is 0. The van der Waals surface area contributed by atoms with Crippen LogP contribution in [0.15, 0.2) is 55.1 Å². The number of hydrogen-bond donors (Lipinski definition) is 2. The van der Waals surface area contributed by atoms with Crippen molar-refractivity contribution in [1.82, 2.24) is 19.7 Å². The third kappa shape index (κ3) is 5.63. The molecule has 0 radical (unpaired) electrons. The first kappa shape index (κ1) is 25.5. The Kier molecular flexibility index (Phi) is 7.80. The first-order chi connectivity index (χ1) is 17.3. The van der Waals surface area contributed by atoms with Gasteiger partial charge in [0.15, 0.2) is 0 Å². The number of anilines is 2. The summed E-state index contributed by atoms with van der Waals surface area (Å²) in [6, 6.07) is 10.2. The Labute approximate surface area is 208 Å². The van der Waals surface area contributed by atoms with Gasteiger partial charge in [0.1, 0.15) is 29.9 Å². The predicted molar refractivity (Wildman–Crippen MR) is 131 cm³/mol. The normalized spacial score (nSPS) is 16.9. The van der Waals surface area contributed by atoms with E-state index in [1.165, 1.54) is 23.4 Å². The molecule has 192 valence electrons. The van der Waals surface area contributed by atoms with Crippen molar-refractivity contribution in [2.75, 3.05) is 43.0 Å². The SMILES string of the molecule is CCOC(=O)Nc1ccc(N2CCN([C@H](C)[C@](O)(Cn3cncn3)c3ccc(F)cc3F)CC2)cc1. The Morgan fingerprint density at radius 3 is 2.50 bits per heavy atom. The second-order valence-corrected chi connectivity index (χ2v) is 8.73. The molecule has 1 aromatic heterocycles. The lowest BCUT2D eigenvalue weighted by Gasteiger charge is -2.45. The van der Waals surface area contributed by atoms with E-state index in [9.17, 15) is 18.7 Å². The van der Waals surface area contributed by atoms with Gasteiger partial charge < -0.3 is 14.7 Å². The van der Waals surface area contributed by atoms with Crippen LogP contribution in [0.5, 0.6) is 0 Å². The topological polar surface area (TPSA) is 95.8 Å². The van der Waals surface area contributed by atoms with E-state index < -0.39 is 29.4 Å². The Morgan fingerprint density at radius 1 is 1.17 bits per heavy atom. The highest BCUT2D eigenvalue weighted by Crippen LogP contribution is 2.33. The van der Waals surface area contributed by atoms with Crippen molar-refractivity contribution in [1.29, 1.82) is 0 Å². The number of ether oxygens (including phenoxy) is 1. The quantitative estimate of drug-likeness (QED) is 0.490. The number of rotatable bonds is 8. The van der Waals surface area contributed by atoms with Crippen molar-refractivity contribution in [3.05, 3.63) is 72.3 Å². The summed E-state index contributed by atoms with van der Waals surface area (Å²) in [7, 11) is 0. The fourth-order valence-electron chi connectivity index (χ4n) is 4.55. The number of aliphatic hydroxyl groups is 1. The van der Waals surface area contributed by atoms with Gasteiger partial charge >= 0.3 is 6.09 Å². The number of piperazine rings is 1. The minimum Gasteiger partial charge on any atom is -0.450 e. The van der Waals surface area contributed by atoms with Crippen molar-refractivity contribution in [2.45, 2.75) is 32.0 Å². The molecular formula is C25H30F2N6O3. The van der Waals surface area contributed by atoms with Gasteiger partial charge in [0, 0.05) is 55.2 Å². The van der Waals surface area contributed by atoms with Crippen LogP contribution >= 0.6 is 0 Å². The summed E-state index contributed by atoms with van der Waals surface area (Å²) in [5, 5.41) is 18.6. The van der Waals surface area contributed by atoms with E-state index in [1.807, 2.05) is 31.2 Å². The van der Waals surface area contributed by atoms with E-state index >= 15 is 0 Å². The molecule has 1 aliphatic heterocycles. The molecule has 2 aromatic carbocycles. The molecule has 0 spiro atoms. The molecule has 0 bridgehead atoms. The minimum absolute atomic E-state index is 0.0130. The molecule has 3 aromatic rings. The average Bonchev–Trinajstić information content (AvgIpc) is 3.37. The molecule has 2 N–H and O–H groups in total. The highest BCUT2D eigenvalue weighted by atomic mass is 19.1. The zero-order chi connectivity index (χ0) is 25.7. The summed E-state index contributed by atoms with van der Waals surface area (Å²) in [6.45, 7) is 6.44. The average molecular weight is 501 g/mol. The van der Waals surface area contributed by atoms with Crippen LogP contribution in [0.2, 0.25) is 0 Å². The second kappa shape index (κ2) is 11.0. The lowest BCUT2D eigenvalue weighted by Crippen LogP contribution is -2.57. The summed E-state index contributed by atoms with van der Waals surface area (Å²) in [5.74, 6) is -1.51. The Bertz CT molecular complexity index is 1150. The number of nitrogens with zero attached hydrogens (tertiary/aromatic N) is 5. The Hall–Kier alpha value is -3.57. The maximum Gasteiger partial charge on any atom is 0.411 e. The number of benzene rings is 2. The molecule has 2 heterocycles. The molecule has 0 aliphatic carbocycles. The minimum atomic E-state index is -1.67. The molecule has 9 nitrogen and oxygen atoms in total. The molecule has 4 rings (SSSR count). The Balaban J connectivity index is 1.46. The van der Waals surface area contributed by atoms with Gasteiger partial charge in [-0.2, -0.15) is 5.10 Å². The van der Waals surface area contributed by atoms with Gasteiger partial charge in [-0.25, -0.2) is 23.2 Å². The van der Waals surface area contributed by atoms with E-state index in [4.69, 9.17) is 4.74 Å². The number of hydrogen-bond acceptors (Lipinski definition) is 7. The van der Waals surface area contributed by atoms with Gasteiger partial charge in [0.25, 0.3) is 0 Å². The van der Waals surface area contributed by atoms with Gasteiger partial charge in [-0.1, -0.05) is 6.07 Å². The highest BCUT2D eigenvalue weighted by molar-refractivity contribution is 5.84. The second-order valence-electron chi connectivity index (χ2n) is 8.73. The fourth-order valence-corrected chi connectivity index (χ4v) is 4.55. The number of nitrogens with one attached hydrogen (secondary N) is 1. The third-order valence-electron chi connectivity index (χ3n) is 6.57. The monoisotopic (exact) mass is 500 g/mol. The molecule has 0 saturated carbocycles. The highest BCUT2D eigenvalue weighted by Gasteiger charge is 2.42. The molecule has 2 atom stereocenters. The number of amides is 1. The van der Waals surface area contributed by atoms with Crippen molar-refractivity contribution < 1.29 is 23.4 Å². The van der Waals surface area contributed by atoms with Crippen LogP contribution in [0.3, 0.4) is 0 Å². The van der Waals surface area contributed by atoms with Gasteiger partial charge in [-0.15, -0.1) is 0 Å². The molecule has 1 saturated heterocycles.